The molecule has 3 heterocycles. The number of rotatable bonds is 2. The molecule has 0 spiro atoms. The quantitative estimate of drug-likeness (QED) is 0.838. The lowest BCUT2D eigenvalue weighted by atomic mass is 9.96. The van der Waals surface area contributed by atoms with Crippen molar-refractivity contribution in [3.63, 3.8) is 0 Å². The van der Waals surface area contributed by atoms with Crippen molar-refractivity contribution >= 4 is 23.2 Å². The normalized spacial score (nSPS) is 23.1. The number of carbonyl (C=O) groups is 2. The van der Waals surface area contributed by atoms with Crippen molar-refractivity contribution in [2.24, 2.45) is 5.92 Å². The lowest BCUT2D eigenvalue weighted by Gasteiger charge is -2.33. The zero-order valence-electron chi connectivity index (χ0n) is 11.6. The largest absolute Gasteiger partial charge is 0.342 e. The van der Waals surface area contributed by atoms with Crippen LogP contribution in [-0.4, -0.2) is 47.8 Å². The summed E-state index contributed by atoms with van der Waals surface area (Å²) in [4.78, 5) is 29.4. The lowest BCUT2D eigenvalue weighted by Crippen LogP contribution is -2.46. The Hall–Kier alpha value is -1.36. The number of carbonyl (C=O) groups excluding carboxylic acids is 2. The fourth-order valence-corrected chi connectivity index (χ4v) is 3.81. The highest BCUT2D eigenvalue weighted by Crippen LogP contribution is 2.23. The van der Waals surface area contributed by atoms with E-state index < -0.39 is 0 Å². The summed E-state index contributed by atoms with van der Waals surface area (Å²) in [7, 11) is 0. The summed E-state index contributed by atoms with van der Waals surface area (Å²) in [6.45, 7) is 3.16. The maximum Gasteiger partial charge on any atom is 0.263 e. The van der Waals surface area contributed by atoms with Crippen LogP contribution < -0.4 is 0 Å². The van der Waals surface area contributed by atoms with Gasteiger partial charge in [-0.1, -0.05) is 6.07 Å². The summed E-state index contributed by atoms with van der Waals surface area (Å²) in [5, 5.41) is 1.92. The first-order chi connectivity index (χ1) is 9.75. The summed E-state index contributed by atoms with van der Waals surface area (Å²) in [5.74, 6) is 0.343. The molecule has 1 aromatic heterocycles. The highest BCUT2D eigenvalue weighted by Gasteiger charge is 2.32. The Morgan fingerprint density at radius 2 is 1.85 bits per heavy atom. The second kappa shape index (κ2) is 5.95. The fraction of sp³-hybridized carbons (Fsp3) is 0.600. The Bertz CT molecular complexity index is 480. The molecular formula is C15H20N2O2S. The minimum Gasteiger partial charge on any atom is -0.342 e. The van der Waals surface area contributed by atoms with Crippen LogP contribution in [0.2, 0.25) is 0 Å². The van der Waals surface area contributed by atoms with Gasteiger partial charge in [0.25, 0.3) is 5.91 Å². The predicted molar refractivity (Wildman–Crippen MR) is 78.8 cm³/mol. The molecule has 4 nitrogen and oxygen atoms in total. The SMILES string of the molecule is O=C(c1cccs1)N1CCCC(C(=O)N2CCCC2)C1. The molecule has 2 fully saturated rings. The van der Waals surface area contributed by atoms with E-state index in [4.69, 9.17) is 0 Å². The van der Waals surface area contributed by atoms with E-state index in [2.05, 4.69) is 0 Å². The van der Waals surface area contributed by atoms with Gasteiger partial charge in [0.2, 0.25) is 5.91 Å². The van der Waals surface area contributed by atoms with Gasteiger partial charge in [-0.15, -0.1) is 11.3 Å². The first-order valence-electron chi connectivity index (χ1n) is 7.37. The second-order valence-electron chi connectivity index (χ2n) is 5.60. The van der Waals surface area contributed by atoms with Crippen LogP contribution >= 0.6 is 11.3 Å². The van der Waals surface area contributed by atoms with Crippen molar-refractivity contribution < 1.29 is 9.59 Å². The van der Waals surface area contributed by atoms with Crippen LogP contribution in [0.25, 0.3) is 0 Å². The van der Waals surface area contributed by atoms with Crippen molar-refractivity contribution in [3.05, 3.63) is 22.4 Å². The highest BCUT2D eigenvalue weighted by molar-refractivity contribution is 7.12. The van der Waals surface area contributed by atoms with Crippen LogP contribution in [0.1, 0.15) is 35.4 Å². The van der Waals surface area contributed by atoms with Gasteiger partial charge in [0, 0.05) is 26.2 Å². The standard InChI is InChI=1S/C15H20N2O2S/c18-14(16-7-1-2-8-16)12-5-3-9-17(11-12)15(19)13-6-4-10-20-13/h4,6,10,12H,1-3,5,7-9,11H2. The van der Waals surface area contributed by atoms with Crippen LogP contribution in [-0.2, 0) is 4.79 Å². The predicted octanol–water partition coefficient (Wildman–Crippen LogP) is 2.22. The van der Waals surface area contributed by atoms with E-state index in [0.717, 1.165) is 50.2 Å². The number of likely N-dealkylation sites (tertiary alicyclic amines) is 2. The van der Waals surface area contributed by atoms with Crippen molar-refractivity contribution in [2.75, 3.05) is 26.2 Å². The Balaban J connectivity index is 1.64. The Kier molecular flexibility index (Phi) is 4.05. The van der Waals surface area contributed by atoms with E-state index >= 15 is 0 Å². The minimum atomic E-state index is 0.00534. The highest BCUT2D eigenvalue weighted by atomic mass is 32.1. The fourth-order valence-electron chi connectivity index (χ4n) is 3.11. The van der Waals surface area contributed by atoms with Crippen LogP contribution in [0, 0.1) is 5.92 Å². The Morgan fingerprint density at radius 3 is 2.55 bits per heavy atom. The molecule has 0 aromatic carbocycles. The molecule has 3 rings (SSSR count). The Labute approximate surface area is 123 Å². The molecule has 2 aliphatic rings. The van der Waals surface area contributed by atoms with Crippen LogP contribution in [0.3, 0.4) is 0 Å². The van der Waals surface area contributed by atoms with Crippen molar-refractivity contribution in [1.82, 2.24) is 9.80 Å². The van der Waals surface area contributed by atoms with Crippen molar-refractivity contribution in [3.8, 4) is 0 Å². The van der Waals surface area contributed by atoms with Gasteiger partial charge >= 0.3 is 0 Å². The van der Waals surface area contributed by atoms with E-state index in [1.807, 2.05) is 27.3 Å². The minimum absolute atomic E-state index is 0.00534. The van der Waals surface area contributed by atoms with E-state index in [-0.39, 0.29) is 17.7 Å². The molecule has 0 bridgehead atoms. The zero-order chi connectivity index (χ0) is 13.9. The lowest BCUT2D eigenvalue weighted by molar-refractivity contribution is -0.135. The summed E-state index contributed by atoms with van der Waals surface area (Å²) in [6.07, 6.45) is 4.09. The van der Waals surface area contributed by atoms with Gasteiger partial charge in [-0.05, 0) is 37.1 Å². The molecular weight excluding hydrogens is 272 g/mol. The zero-order valence-corrected chi connectivity index (χ0v) is 12.4. The van der Waals surface area contributed by atoms with Gasteiger partial charge in [0.1, 0.15) is 0 Å². The molecule has 1 unspecified atom stereocenters. The maximum absolute atomic E-state index is 12.4. The molecule has 0 radical (unpaired) electrons. The summed E-state index contributed by atoms with van der Waals surface area (Å²) in [6, 6.07) is 3.76. The average molecular weight is 292 g/mol. The third kappa shape index (κ3) is 2.73. The van der Waals surface area contributed by atoms with Crippen LogP contribution in [0.5, 0.6) is 0 Å². The van der Waals surface area contributed by atoms with E-state index in [9.17, 15) is 9.59 Å². The van der Waals surface area contributed by atoms with Gasteiger partial charge in [-0.3, -0.25) is 9.59 Å². The summed E-state index contributed by atoms with van der Waals surface area (Å²) >= 11 is 1.47. The molecule has 1 atom stereocenters. The molecule has 0 saturated carbocycles. The number of hydrogen-bond donors (Lipinski definition) is 0. The second-order valence-corrected chi connectivity index (χ2v) is 6.55. The van der Waals surface area contributed by atoms with Gasteiger partial charge in [-0.25, -0.2) is 0 Å². The van der Waals surface area contributed by atoms with Gasteiger partial charge < -0.3 is 9.80 Å². The smallest absolute Gasteiger partial charge is 0.263 e. The van der Waals surface area contributed by atoms with Crippen molar-refractivity contribution in [1.29, 1.82) is 0 Å². The Morgan fingerprint density at radius 1 is 1.10 bits per heavy atom. The molecule has 2 aliphatic heterocycles. The maximum atomic E-state index is 12.4. The van der Waals surface area contributed by atoms with E-state index in [1.165, 1.54) is 11.3 Å². The number of nitrogens with zero attached hydrogens (tertiary/aromatic N) is 2. The third-order valence-electron chi connectivity index (χ3n) is 4.21. The first-order valence-corrected chi connectivity index (χ1v) is 8.25. The molecule has 20 heavy (non-hydrogen) atoms. The van der Waals surface area contributed by atoms with Gasteiger partial charge in [-0.2, -0.15) is 0 Å². The molecule has 2 saturated heterocycles. The monoisotopic (exact) mass is 292 g/mol. The molecule has 5 heteroatoms. The molecule has 2 amide bonds. The number of piperidine rings is 1. The van der Waals surface area contributed by atoms with E-state index in [0.29, 0.717) is 6.54 Å². The van der Waals surface area contributed by atoms with Crippen molar-refractivity contribution in [2.45, 2.75) is 25.7 Å². The molecule has 0 aliphatic carbocycles. The first kappa shape index (κ1) is 13.6. The van der Waals surface area contributed by atoms with Gasteiger partial charge in [0.15, 0.2) is 0 Å². The van der Waals surface area contributed by atoms with Crippen LogP contribution in [0.4, 0.5) is 0 Å². The number of thiophene rings is 1. The molecule has 108 valence electrons. The summed E-state index contributed by atoms with van der Waals surface area (Å²) < 4.78 is 0. The van der Waals surface area contributed by atoms with E-state index in [1.54, 1.807) is 0 Å². The molecule has 0 N–H and O–H groups in total. The average Bonchev–Trinajstić information content (AvgIpc) is 3.18. The molecule has 1 aromatic rings. The topological polar surface area (TPSA) is 40.6 Å². The van der Waals surface area contributed by atoms with Gasteiger partial charge in [0.05, 0.1) is 10.8 Å². The third-order valence-corrected chi connectivity index (χ3v) is 5.07. The number of hydrogen-bond acceptors (Lipinski definition) is 3. The summed E-state index contributed by atoms with van der Waals surface area (Å²) in [5.41, 5.74) is 0. The van der Waals surface area contributed by atoms with Crippen LogP contribution in [0.15, 0.2) is 17.5 Å². The number of amides is 2.